The molecule has 0 heterocycles. The molecule has 24 heavy (non-hydrogen) atoms. The lowest BCUT2D eigenvalue weighted by Gasteiger charge is -2.31. The minimum absolute atomic E-state index is 0.0850. The number of benzene rings is 1. The highest BCUT2D eigenvalue weighted by molar-refractivity contribution is 7.90. The van der Waals surface area contributed by atoms with Gasteiger partial charge in [0.2, 0.25) is 0 Å². The topological polar surface area (TPSA) is 66.5 Å². The van der Waals surface area contributed by atoms with Crippen LogP contribution in [0.1, 0.15) is 48.9 Å². The summed E-state index contributed by atoms with van der Waals surface area (Å²) in [4.78, 5) is 14.7. The molecule has 0 atom stereocenters. The summed E-state index contributed by atoms with van der Waals surface area (Å²) in [5.74, 6) is -0.323. The Morgan fingerprint density at radius 3 is 2.54 bits per heavy atom. The average Bonchev–Trinajstić information content (AvgIpc) is 2.58. The van der Waals surface area contributed by atoms with Gasteiger partial charge in [0, 0.05) is 18.8 Å². The summed E-state index contributed by atoms with van der Waals surface area (Å²) in [5.41, 5.74) is 0.223. The van der Waals surface area contributed by atoms with Crippen LogP contribution in [0.2, 0.25) is 0 Å². The Kier molecular flexibility index (Phi) is 6.80. The minimum atomic E-state index is -3.41. The third-order valence-corrected chi connectivity index (χ3v) is 5.86. The van der Waals surface area contributed by atoms with Gasteiger partial charge in [0.25, 0.3) is 5.91 Å². The third-order valence-electron chi connectivity index (χ3n) is 4.70. The molecule has 0 aromatic heterocycles. The van der Waals surface area contributed by atoms with E-state index in [4.69, 9.17) is 0 Å². The quantitative estimate of drug-likeness (QED) is 0.766. The van der Waals surface area contributed by atoms with Gasteiger partial charge in [-0.2, -0.15) is 0 Å². The van der Waals surface area contributed by atoms with Crippen molar-refractivity contribution in [2.75, 3.05) is 26.4 Å². The number of nitrogens with one attached hydrogen (secondary N) is 1. The van der Waals surface area contributed by atoms with Crippen LogP contribution in [-0.4, -0.2) is 51.7 Å². The highest BCUT2D eigenvalue weighted by Gasteiger charge is 2.19. The van der Waals surface area contributed by atoms with Crippen molar-refractivity contribution < 1.29 is 13.2 Å². The Bertz CT molecular complexity index is 652. The minimum Gasteiger partial charge on any atom is -0.352 e. The summed E-state index contributed by atoms with van der Waals surface area (Å²) in [6, 6.07) is 7.01. The molecule has 0 aliphatic heterocycles. The van der Waals surface area contributed by atoms with Crippen molar-refractivity contribution in [3.05, 3.63) is 29.8 Å². The number of rotatable bonds is 7. The van der Waals surface area contributed by atoms with E-state index in [2.05, 4.69) is 17.3 Å². The van der Waals surface area contributed by atoms with Gasteiger partial charge in [0.1, 0.15) is 0 Å². The van der Waals surface area contributed by atoms with E-state index in [1.165, 1.54) is 38.2 Å². The first-order valence-electron chi connectivity index (χ1n) is 8.67. The molecule has 5 nitrogen and oxygen atoms in total. The molecule has 0 saturated heterocycles. The van der Waals surface area contributed by atoms with Crippen LogP contribution in [0, 0.1) is 0 Å². The smallest absolute Gasteiger partial charge is 0.252 e. The molecule has 1 aliphatic rings. The molecular formula is C18H28N2O3S. The molecule has 0 bridgehead atoms. The second-order valence-electron chi connectivity index (χ2n) is 6.65. The second-order valence-corrected chi connectivity index (χ2v) is 8.63. The molecule has 1 saturated carbocycles. The van der Waals surface area contributed by atoms with Crippen LogP contribution < -0.4 is 5.32 Å². The fourth-order valence-electron chi connectivity index (χ4n) is 3.31. The van der Waals surface area contributed by atoms with Crippen molar-refractivity contribution in [1.82, 2.24) is 10.2 Å². The fraction of sp³-hybridized carbons (Fsp3) is 0.611. The largest absolute Gasteiger partial charge is 0.352 e. The van der Waals surface area contributed by atoms with E-state index in [1.54, 1.807) is 18.2 Å². The number of hydrogen-bond acceptors (Lipinski definition) is 4. The predicted octanol–water partition coefficient (Wildman–Crippen LogP) is 2.47. The van der Waals surface area contributed by atoms with Gasteiger partial charge in [-0.15, -0.1) is 0 Å². The summed E-state index contributed by atoms with van der Waals surface area (Å²) in [6.45, 7) is 1.49. The summed E-state index contributed by atoms with van der Waals surface area (Å²) in [6.07, 6.45) is 8.50. The van der Waals surface area contributed by atoms with Crippen molar-refractivity contribution >= 4 is 15.7 Å². The Balaban J connectivity index is 1.82. The van der Waals surface area contributed by atoms with Gasteiger partial charge in [0.15, 0.2) is 9.84 Å². The number of amides is 1. The van der Waals surface area contributed by atoms with Crippen LogP contribution in [-0.2, 0) is 9.84 Å². The molecule has 2 rings (SSSR count). The molecule has 1 N–H and O–H groups in total. The van der Waals surface area contributed by atoms with Crippen molar-refractivity contribution in [1.29, 1.82) is 0 Å². The van der Waals surface area contributed by atoms with Crippen LogP contribution in [0.5, 0.6) is 0 Å². The molecule has 134 valence electrons. The number of hydrogen-bond donors (Lipinski definition) is 1. The third kappa shape index (κ3) is 5.31. The van der Waals surface area contributed by atoms with Gasteiger partial charge in [-0.3, -0.25) is 4.79 Å². The Morgan fingerprint density at radius 2 is 1.88 bits per heavy atom. The Morgan fingerprint density at radius 1 is 1.21 bits per heavy atom. The van der Waals surface area contributed by atoms with Gasteiger partial charge in [-0.25, -0.2) is 8.42 Å². The number of nitrogens with zero attached hydrogens (tertiary/aromatic N) is 1. The SMILES string of the molecule is CN(CCCNC(=O)c1ccccc1S(C)(=O)=O)C1CCCCC1. The standard InChI is InChI=1S/C18H28N2O3S/c1-20(15-9-4-3-5-10-15)14-8-13-19-18(21)16-11-6-7-12-17(16)24(2,22)23/h6-7,11-12,15H,3-5,8-10,13-14H2,1-2H3,(H,19,21). The van der Waals surface area contributed by atoms with E-state index in [0.29, 0.717) is 12.6 Å². The van der Waals surface area contributed by atoms with Crippen molar-refractivity contribution in [2.45, 2.75) is 49.5 Å². The van der Waals surface area contributed by atoms with E-state index in [1.807, 2.05) is 0 Å². The van der Waals surface area contributed by atoms with E-state index in [0.717, 1.165) is 19.2 Å². The first kappa shape index (κ1) is 18.9. The van der Waals surface area contributed by atoms with Crippen LogP contribution in [0.25, 0.3) is 0 Å². The molecular weight excluding hydrogens is 324 g/mol. The van der Waals surface area contributed by atoms with Crippen molar-refractivity contribution in [2.24, 2.45) is 0 Å². The summed E-state index contributed by atoms with van der Waals surface area (Å²) in [7, 11) is -1.26. The molecule has 1 aromatic rings. The lowest BCUT2D eigenvalue weighted by atomic mass is 9.94. The number of carbonyl (C=O) groups excluding carboxylic acids is 1. The summed E-state index contributed by atoms with van der Waals surface area (Å²) >= 11 is 0. The summed E-state index contributed by atoms with van der Waals surface area (Å²) in [5, 5.41) is 2.84. The molecule has 0 unspecified atom stereocenters. The van der Waals surface area contributed by atoms with Gasteiger partial charge >= 0.3 is 0 Å². The van der Waals surface area contributed by atoms with E-state index >= 15 is 0 Å². The molecule has 6 heteroatoms. The van der Waals surface area contributed by atoms with Gasteiger partial charge in [0.05, 0.1) is 10.5 Å². The van der Waals surface area contributed by atoms with Crippen LogP contribution >= 0.6 is 0 Å². The second kappa shape index (κ2) is 8.62. The highest BCUT2D eigenvalue weighted by atomic mass is 32.2. The molecule has 1 amide bonds. The van der Waals surface area contributed by atoms with Gasteiger partial charge in [-0.1, -0.05) is 31.4 Å². The monoisotopic (exact) mass is 352 g/mol. The normalized spacial score (nSPS) is 16.3. The molecule has 1 fully saturated rings. The number of sulfone groups is 1. The molecule has 1 aromatic carbocycles. The maximum atomic E-state index is 12.3. The maximum Gasteiger partial charge on any atom is 0.252 e. The number of carbonyl (C=O) groups is 1. The molecule has 1 aliphatic carbocycles. The molecule has 0 spiro atoms. The molecule has 0 radical (unpaired) electrons. The average molecular weight is 353 g/mol. The van der Waals surface area contributed by atoms with Gasteiger partial charge < -0.3 is 10.2 Å². The lowest BCUT2D eigenvalue weighted by Crippen LogP contribution is -2.36. The first-order valence-corrected chi connectivity index (χ1v) is 10.6. The van der Waals surface area contributed by atoms with E-state index < -0.39 is 9.84 Å². The lowest BCUT2D eigenvalue weighted by molar-refractivity contribution is 0.0947. The van der Waals surface area contributed by atoms with E-state index in [9.17, 15) is 13.2 Å². The van der Waals surface area contributed by atoms with Crippen LogP contribution in [0.4, 0.5) is 0 Å². The zero-order valence-corrected chi connectivity index (χ0v) is 15.4. The van der Waals surface area contributed by atoms with Crippen molar-refractivity contribution in [3.63, 3.8) is 0 Å². The highest BCUT2D eigenvalue weighted by Crippen LogP contribution is 2.21. The van der Waals surface area contributed by atoms with Crippen LogP contribution in [0.15, 0.2) is 29.2 Å². The van der Waals surface area contributed by atoms with E-state index in [-0.39, 0.29) is 16.4 Å². The Labute approximate surface area is 145 Å². The zero-order valence-electron chi connectivity index (χ0n) is 14.6. The maximum absolute atomic E-state index is 12.3. The summed E-state index contributed by atoms with van der Waals surface area (Å²) < 4.78 is 23.5. The zero-order chi connectivity index (χ0) is 17.6. The van der Waals surface area contributed by atoms with Crippen LogP contribution in [0.3, 0.4) is 0 Å². The predicted molar refractivity (Wildman–Crippen MR) is 96.0 cm³/mol. The van der Waals surface area contributed by atoms with Crippen molar-refractivity contribution in [3.8, 4) is 0 Å². The fourth-order valence-corrected chi connectivity index (χ4v) is 4.19. The first-order chi connectivity index (χ1) is 11.4. The Hall–Kier alpha value is -1.40. The van der Waals surface area contributed by atoms with Gasteiger partial charge in [-0.05, 0) is 45.0 Å².